The van der Waals surface area contributed by atoms with Crippen LogP contribution in [0.2, 0.25) is 0 Å². The van der Waals surface area contributed by atoms with Crippen LogP contribution in [-0.4, -0.2) is 39.0 Å². The van der Waals surface area contributed by atoms with Gasteiger partial charge in [0.15, 0.2) is 0 Å². The van der Waals surface area contributed by atoms with Crippen molar-refractivity contribution in [1.29, 1.82) is 5.26 Å². The first-order chi connectivity index (χ1) is 14.2. The monoisotopic (exact) mass is 426 g/mol. The molecule has 1 N–H and O–H groups in total. The summed E-state index contributed by atoms with van der Waals surface area (Å²) in [7, 11) is 1.62. The molecular weight excluding hydrogens is 408 g/mol. The van der Waals surface area contributed by atoms with E-state index in [1.165, 1.54) is 28.0 Å². The molecule has 4 rings (SSSR count). The quantitative estimate of drug-likeness (QED) is 0.579. The van der Waals surface area contributed by atoms with Gasteiger partial charge in [-0.2, -0.15) is 5.26 Å². The number of anilines is 1. The molecule has 29 heavy (non-hydrogen) atoms. The third kappa shape index (κ3) is 4.26. The molecular formula is C19H18N6O2S2. The molecule has 0 aliphatic heterocycles. The van der Waals surface area contributed by atoms with E-state index in [4.69, 9.17) is 4.74 Å². The average Bonchev–Trinajstić information content (AvgIpc) is 3.43. The number of fused-ring (bicyclic) bond motifs is 1. The molecule has 0 saturated carbocycles. The van der Waals surface area contributed by atoms with E-state index in [-0.39, 0.29) is 11.7 Å². The fraction of sp³-hybridized carbons (Fsp3) is 0.316. The van der Waals surface area contributed by atoms with E-state index in [1.54, 1.807) is 11.8 Å². The minimum absolute atomic E-state index is 0.163. The molecule has 0 radical (unpaired) electrons. The number of amides is 1. The van der Waals surface area contributed by atoms with E-state index in [2.05, 4.69) is 26.9 Å². The second-order valence-corrected chi connectivity index (χ2v) is 8.52. The maximum Gasteiger partial charge on any atom is 0.235 e. The second-order valence-electron chi connectivity index (χ2n) is 6.48. The molecule has 1 aliphatic rings. The zero-order chi connectivity index (χ0) is 20.2. The highest BCUT2D eigenvalue weighted by Crippen LogP contribution is 2.38. The van der Waals surface area contributed by atoms with E-state index < -0.39 is 0 Å². The van der Waals surface area contributed by atoms with Crippen LogP contribution in [0.5, 0.6) is 5.75 Å². The minimum Gasteiger partial charge on any atom is -0.497 e. The first kappa shape index (κ1) is 19.4. The van der Waals surface area contributed by atoms with Crippen molar-refractivity contribution in [2.24, 2.45) is 0 Å². The number of aromatic nitrogens is 4. The van der Waals surface area contributed by atoms with Gasteiger partial charge in [-0.15, -0.1) is 16.4 Å². The number of nitrogens with one attached hydrogen (secondary N) is 1. The van der Waals surface area contributed by atoms with Gasteiger partial charge >= 0.3 is 0 Å². The summed E-state index contributed by atoms with van der Waals surface area (Å²) in [5.74, 6) is 0.773. The second kappa shape index (κ2) is 8.63. The Hall–Kier alpha value is -2.90. The van der Waals surface area contributed by atoms with Gasteiger partial charge < -0.3 is 10.1 Å². The lowest BCUT2D eigenvalue weighted by atomic mass is 10.1. The molecule has 3 aromatic rings. The summed E-state index contributed by atoms with van der Waals surface area (Å²) >= 11 is 2.78. The molecule has 148 valence electrons. The number of methoxy groups -OCH3 is 1. The number of benzene rings is 1. The summed E-state index contributed by atoms with van der Waals surface area (Å²) in [4.78, 5) is 13.6. The van der Waals surface area contributed by atoms with Gasteiger partial charge in [-0.1, -0.05) is 23.9 Å². The van der Waals surface area contributed by atoms with Crippen LogP contribution in [0.25, 0.3) is 0 Å². The van der Waals surface area contributed by atoms with E-state index in [0.717, 1.165) is 36.1 Å². The summed E-state index contributed by atoms with van der Waals surface area (Å²) < 4.78 is 6.82. The van der Waals surface area contributed by atoms with Gasteiger partial charge in [0.1, 0.15) is 16.8 Å². The Balaban J connectivity index is 1.37. The molecule has 0 fully saturated rings. The minimum atomic E-state index is -0.176. The van der Waals surface area contributed by atoms with Crippen LogP contribution < -0.4 is 10.1 Å². The molecule has 0 saturated heterocycles. The standard InChI is InChI=1S/C19H18N6O2S2/c1-27-13-7-5-12(6-8-13)10-25-19(22-23-24-25)28-11-17(26)21-18-15(9-20)14-3-2-4-16(14)29-18/h5-8H,2-4,10-11H2,1H3,(H,21,26). The lowest BCUT2D eigenvalue weighted by Gasteiger charge is -2.06. The lowest BCUT2D eigenvalue weighted by molar-refractivity contribution is -0.113. The topological polar surface area (TPSA) is 106 Å². The van der Waals surface area contributed by atoms with Gasteiger partial charge in [-0.05, 0) is 52.9 Å². The number of carbonyl (C=O) groups excluding carboxylic acids is 1. The van der Waals surface area contributed by atoms with Crippen LogP contribution >= 0.6 is 23.1 Å². The zero-order valence-corrected chi connectivity index (χ0v) is 17.3. The van der Waals surface area contributed by atoms with Gasteiger partial charge in [-0.3, -0.25) is 4.79 Å². The number of thiophene rings is 1. The molecule has 10 heteroatoms. The number of thioether (sulfide) groups is 1. The molecule has 0 atom stereocenters. The highest BCUT2D eigenvalue weighted by Gasteiger charge is 2.23. The Morgan fingerprint density at radius 3 is 2.97 bits per heavy atom. The largest absolute Gasteiger partial charge is 0.497 e. The van der Waals surface area contributed by atoms with Crippen LogP contribution in [0, 0.1) is 11.3 Å². The Kier molecular flexibility index (Phi) is 5.78. The van der Waals surface area contributed by atoms with E-state index >= 15 is 0 Å². The van der Waals surface area contributed by atoms with Crippen LogP contribution in [0.4, 0.5) is 5.00 Å². The van der Waals surface area contributed by atoms with Gasteiger partial charge in [0.2, 0.25) is 11.1 Å². The molecule has 8 nitrogen and oxygen atoms in total. The number of tetrazole rings is 1. The van der Waals surface area contributed by atoms with Crippen molar-refractivity contribution < 1.29 is 9.53 Å². The van der Waals surface area contributed by atoms with E-state index in [9.17, 15) is 10.1 Å². The third-order valence-electron chi connectivity index (χ3n) is 4.61. The summed E-state index contributed by atoms with van der Waals surface area (Å²) in [5, 5.41) is 25.3. The number of aryl methyl sites for hydroxylation is 1. The molecule has 1 aliphatic carbocycles. The maximum atomic E-state index is 12.4. The highest BCUT2D eigenvalue weighted by atomic mass is 32.2. The summed E-state index contributed by atoms with van der Waals surface area (Å²) in [6.07, 6.45) is 2.98. The first-order valence-electron chi connectivity index (χ1n) is 9.04. The van der Waals surface area contributed by atoms with Gasteiger partial charge in [-0.25, -0.2) is 4.68 Å². The number of ether oxygens (including phenoxy) is 1. The molecule has 2 heterocycles. The number of nitriles is 1. The predicted octanol–water partition coefficient (Wildman–Crippen LogP) is 2.88. The Morgan fingerprint density at radius 2 is 2.21 bits per heavy atom. The number of hydrogen-bond acceptors (Lipinski definition) is 8. The number of nitrogens with zero attached hydrogens (tertiary/aromatic N) is 5. The van der Waals surface area contributed by atoms with Crippen molar-refractivity contribution in [2.75, 3.05) is 18.2 Å². The van der Waals surface area contributed by atoms with Crippen molar-refractivity contribution in [3.8, 4) is 11.8 Å². The van der Waals surface area contributed by atoms with Crippen LogP contribution in [0.15, 0.2) is 29.4 Å². The number of carbonyl (C=O) groups is 1. The SMILES string of the molecule is COc1ccc(Cn2nnnc2SCC(=O)Nc2sc3c(c2C#N)CCC3)cc1. The van der Waals surface area contributed by atoms with Gasteiger partial charge in [0.25, 0.3) is 0 Å². The smallest absolute Gasteiger partial charge is 0.235 e. The van der Waals surface area contributed by atoms with Gasteiger partial charge in [0.05, 0.1) is 25.0 Å². The first-order valence-corrected chi connectivity index (χ1v) is 10.8. The van der Waals surface area contributed by atoms with Crippen molar-refractivity contribution in [3.63, 3.8) is 0 Å². The fourth-order valence-corrected chi connectivity index (χ4v) is 5.14. The fourth-order valence-electron chi connectivity index (χ4n) is 3.21. The molecule has 0 unspecified atom stereocenters. The molecule has 1 amide bonds. The molecule has 0 spiro atoms. The Labute approximate surface area is 175 Å². The molecule has 0 bridgehead atoms. The van der Waals surface area contributed by atoms with Crippen molar-refractivity contribution in [1.82, 2.24) is 20.2 Å². The van der Waals surface area contributed by atoms with Crippen LogP contribution in [0.1, 0.15) is 28.0 Å². The third-order valence-corrected chi connectivity index (χ3v) is 6.77. The van der Waals surface area contributed by atoms with Crippen LogP contribution in [0.3, 0.4) is 0 Å². The summed E-state index contributed by atoms with van der Waals surface area (Å²) in [6, 6.07) is 9.89. The van der Waals surface area contributed by atoms with E-state index in [0.29, 0.717) is 22.3 Å². The summed E-state index contributed by atoms with van der Waals surface area (Å²) in [6.45, 7) is 0.497. The highest BCUT2D eigenvalue weighted by molar-refractivity contribution is 7.99. The summed E-state index contributed by atoms with van der Waals surface area (Å²) in [5.41, 5.74) is 2.74. The Morgan fingerprint density at radius 1 is 1.38 bits per heavy atom. The molecule has 1 aromatic carbocycles. The predicted molar refractivity (Wildman–Crippen MR) is 110 cm³/mol. The van der Waals surface area contributed by atoms with Crippen molar-refractivity contribution in [3.05, 3.63) is 45.8 Å². The number of hydrogen-bond donors (Lipinski definition) is 1. The van der Waals surface area contributed by atoms with Crippen molar-refractivity contribution >= 4 is 34.0 Å². The zero-order valence-electron chi connectivity index (χ0n) is 15.7. The normalized spacial score (nSPS) is 12.4. The van der Waals surface area contributed by atoms with Crippen LogP contribution in [-0.2, 0) is 24.2 Å². The van der Waals surface area contributed by atoms with E-state index in [1.807, 2.05) is 24.3 Å². The average molecular weight is 427 g/mol. The van der Waals surface area contributed by atoms with Crippen molar-refractivity contribution in [2.45, 2.75) is 31.0 Å². The Bertz CT molecular complexity index is 1070. The lowest BCUT2D eigenvalue weighted by Crippen LogP contribution is -2.15. The maximum absolute atomic E-state index is 12.4. The number of rotatable bonds is 7. The van der Waals surface area contributed by atoms with Gasteiger partial charge in [0, 0.05) is 4.88 Å². The molecule has 2 aromatic heterocycles.